The van der Waals surface area contributed by atoms with Gasteiger partial charge in [-0.1, -0.05) is 25.5 Å². The van der Waals surface area contributed by atoms with Gasteiger partial charge in [-0.05, 0) is 42.7 Å². The number of pyridine rings is 1. The summed E-state index contributed by atoms with van der Waals surface area (Å²) in [5.41, 5.74) is 1.53. The molecule has 0 spiro atoms. The van der Waals surface area contributed by atoms with E-state index in [4.69, 9.17) is 0 Å². The van der Waals surface area contributed by atoms with E-state index < -0.39 is 0 Å². The van der Waals surface area contributed by atoms with Gasteiger partial charge in [0, 0.05) is 26.3 Å². The molecule has 1 aromatic heterocycles. The van der Waals surface area contributed by atoms with Crippen molar-refractivity contribution in [3.8, 4) is 0 Å². The van der Waals surface area contributed by atoms with Crippen LogP contribution in [0.1, 0.15) is 35.7 Å². The minimum absolute atomic E-state index is 0.146. The van der Waals surface area contributed by atoms with Gasteiger partial charge in [-0.3, -0.25) is 4.79 Å². The average Bonchev–Trinajstić information content (AvgIpc) is 2.61. The number of amides is 1. The molecule has 4 nitrogen and oxygen atoms in total. The van der Waals surface area contributed by atoms with E-state index in [1.54, 1.807) is 24.4 Å². The van der Waals surface area contributed by atoms with Gasteiger partial charge in [0.2, 0.25) is 0 Å². The zero-order chi connectivity index (χ0) is 17.4. The molecule has 1 heterocycles. The van der Waals surface area contributed by atoms with Crippen molar-refractivity contribution in [1.82, 2.24) is 10.3 Å². The third-order valence-corrected chi connectivity index (χ3v) is 3.86. The van der Waals surface area contributed by atoms with Gasteiger partial charge in [0.15, 0.2) is 0 Å². The molecule has 0 fully saturated rings. The molecule has 0 aliphatic heterocycles. The van der Waals surface area contributed by atoms with Crippen LogP contribution in [0.3, 0.4) is 0 Å². The van der Waals surface area contributed by atoms with Crippen LogP contribution in [0.2, 0.25) is 0 Å². The second kappa shape index (κ2) is 9.01. The molecule has 2 aromatic rings. The first-order chi connectivity index (χ1) is 11.6. The number of aromatic nitrogens is 1. The second-order valence-electron chi connectivity index (χ2n) is 5.81. The molecule has 1 N–H and O–H groups in total. The number of nitrogens with zero attached hydrogens (tertiary/aromatic N) is 2. The number of halogens is 1. The van der Waals surface area contributed by atoms with Crippen LogP contribution in [-0.4, -0.2) is 31.0 Å². The summed E-state index contributed by atoms with van der Waals surface area (Å²) in [7, 11) is 2.00. The van der Waals surface area contributed by atoms with Gasteiger partial charge >= 0.3 is 0 Å². The number of anilines is 1. The Hall–Kier alpha value is -2.43. The average molecular weight is 329 g/mol. The summed E-state index contributed by atoms with van der Waals surface area (Å²) in [6.45, 7) is 3.61. The SMILES string of the molecule is CCCCN(C)c1ccc(C(=O)NCCc2ccc(F)cc2)cn1. The molecule has 0 saturated heterocycles. The Morgan fingerprint density at radius 2 is 1.96 bits per heavy atom. The normalized spacial score (nSPS) is 10.5. The Morgan fingerprint density at radius 1 is 1.21 bits per heavy atom. The van der Waals surface area contributed by atoms with E-state index >= 15 is 0 Å². The predicted molar refractivity (Wildman–Crippen MR) is 94.9 cm³/mol. The van der Waals surface area contributed by atoms with Crippen molar-refractivity contribution in [2.75, 3.05) is 25.0 Å². The topological polar surface area (TPSA) is 45.2 Å². The first kappa shape index (κ1) is 17.9. The van der Waals surface area contributed by atoms with Crippen molar-refractivity contribution in [3.63, 3.8) is 0 Å². The zero-order valence-electron chi connectivity index (χ0n) is 14.3. The van der Waals surface area contributed by atoms with Crippen LogP contribution in [0.4, 0.5) is 10.2 Å². The minimum atomic E-state index is -0.252. The molecule has 5 heteroatoms. The Balaban J connectivity index is 1.82. The van der Waals surface area contributed by atoms with Gasteiger partial charge in [-0.2, -0.15) is 0 Å². The molecule has 0 bridgehead atoms. The second-order valence-corrected chi connectivity index (χ2v) is 5.81. The fraction of sp³-hybridized carbons (Fsp3) is 0.368. The summed E-state index contributed by atoms with van der Waals surface area (Å²) in [4.78, 5) is 18.6. The van der Waals surface area contributed by atoms with E-state index in [1.807, 2.05) is 13.1 Å². The van der Waals surface area contributed by atoms with Crippen LogP contribution >= 0.6 is 0 Å². The van der Waals surface area contributed by atoms with Gasteiger partial charge in [-0.25, -0.2) is 9.37 Å². The number of unbranched alkanes of at least 4 members (excludes halogenated alkanes) is 1. The van der Waals surface area contributed by atoms with E-state index in [2.05, 4.69) is 22.1 Å². The zero-order valence-corrected chi connectivity index (χ0v) is 14.3. The maximum atomic E-state index is 12.8. The number of hydrogen-bond acceptors (Lipinski definition) is 3. The molecule has 0 aliphatic carbocycles. The van der Waals surface area contributed by atoms with Crippen LogP contribution in [0.25, 0.3) is 0 Å². The van der Waals surface area contributed by atoms with Crippen molar-refractivity contribution in [2.45, 2.75) is 26.2 Å². The molecule has 0 radical (unpaired) electrons. The summed E-state index contributed by atoms with van der Waals surface area (Å²) in [6.07, 6.45) is 4.52. The van der Waals surface area contributed by atoms with Crippen LogP contribution in [0, 0.1) is 5.82 Å². The molecular formula is C19H24FN3O. The number of rotatable bonds is 8. The Labute approximate surface area is 142 Å². The highest BCUT2D eigenvalue weighted by atomic mass is 19.1. The first-order valence-corrected chi connectivity index (χ1v) is 8.30. The Bertz CT molecular complexity index is 641. The lowest BCUT2D eigenvalue weighted by molar-refractivity contribution is 0.0954. The highest BCUT2D eigenvalue weighted by Crippen LogP contribution is 2.10. The lowest BCUT2D eigenvalue weighted by Gasteiger charge is -2.17. The van der Waals surface area contributed by atoms with Gasteiger partial charge < -0.3 is 10.2 Å². The first-order valence-electron chi connectivity index (χ1n) is 8.30. The number of carbonyl (C=O) groups excluding carboxylic acids is 1. The van der Waals surface area contributed by atoms with Crippen molar-refractivity contribution >= 4 is 11.7 Å². The maximum Gasteiger partial charge on any atom is 0.252 e. The third-order valence-electron chi connectivity index (χ3n) is 3.86. The van der Waals surface area contributed by atoms with Crippen molar-refractivity contribution in [1.29, 1.82) is 0 Å². The lowest BCUT2D eigenvalue weighted by Crippen LogP contribution is -2.26. The van der Waals surface area contributed by atoms with E-state index in [9.17, 15) is 9.18 Å². The molecule has 1 aromatic carbocycles. The van der Waals surface area contributed by atoms with Crippen LogP contribution in [0.15, 0.2) is 42.6 Å². The van der Waals surface area contributed by atoms with Crippen LogP contribution in [-0.2, 0) is 6.42 Å². The summed E-state index contributed by atoms with van der Waals surface area (Å²) in [5.74, 6) is 0.469. The van der Waals surface area contributed by atoms with E-state index in [0.717, 1.165) is 30.8 Å². The number of hydrogen-bond donors (Lipinski definition) is 1. The Morgan fingerprint density at radius 3 is 2.58 bits per heavy atom. The quantitative estimate of drug-likeness (QED) is 0.807. The highest BCUT2D eigenvalue weighted by molar-refractivity contribution is 5.94. The summed E-state index contributed by atoms with van der Waals surface area (Å²) in [6, 6.07) is 9.96. The molecule has 0 saturated carbocycles. The molecule has 0 atom stereocenters. The maximum absolute atomic E-state index is 12.8. The number of carbonyl (C=O) groups is 1. The molecule has 24 heavy (non-hydrogen) atoms. The highest BCUT2D eigenvalue weighted by Gasteiger charge is 2.07. The van der Waals surface area contributed by atoms with Crippen molar-refractivity contribution in [3.05, 3.63) is 59.5 Å². The lowest BCUT2D eigenvalue weighted by atomic mass is 10.1. The van der Waals surface area contributed by atoms with Gasteiger partial charge in [0.1, 0.15) is 11.6 Å². The summed E-state index contributed by atoms with van der Waals surface area (Å²) >= 11 is 0. The Kier molecular flexibility index (Phi) is 6.73. The third kappa shape index (κ3) is 5.33. The van der Waals surface area contributed by atoms with Crippen LogP contribution in [0.5, 0.6) is 0 Å². The van der Waals surface area contributed by atoms with Gasteiger partial charge in [-0.15, -0.1) is 0 Å². The molecule has 128 valence electrons. The largest absolute Gasteiger partial charge is 0.360 e. The fourth-order valence-corrected chi connectivity index (χ4v) is 2.33. The van der Waals surface area contributed by atoms with Crippen LogP contribution < -0.4 is 10.2 Å². The summed E-state index contributed by atoms with van der Waals surface area (Å²) < 4.78 is 12.8. The van der Waals surface area contributed by atoms with E-state index in [0.29, 0.717) is 18.5 Å². The fourth-order valence-electron chi connectivity index (χ4n) is 2.33. The summed E-state index contributed by atoms with van der Waals surface area (Å²) in [5, 5.41) is 2.86. The standard InChI is InChI=1S/C19H24FN3O/c1-3-4-13-23(2)18-10-7-16(14-22-18)19(24)21-12-11-15-5-8-17(20)9-6-15/h5-10,14H,3-4,11-13H2,1-2H3,(H,21,24). The van der Waals surface area contributed by atoms with Crippen molar-refractivity contribution < 1.29 is 9.18 Å². The van der Waals surface area contributed by atoms with Crippen molar-refractivity contribution in [2.24, 2.45) is 0 Å². The monoisotopic (exact) mass is 329 g/mol. The van der Waals surface area contributed by atoms with E-state index in [-0.39, 0.29) is 11.7 Å². The molecular weight excluding hydrogens is 305 g/mol. The molecule has 2 rings (SSSR count). The molecule has 0 unspecified atom stereocenters. The predicted octanol–water partition coefficient (Wildman–Crippen LogP) is 3.43. The van der Waals surface area contributed by atoms with Gasteiger partial charge in [0.25, 0.3) is 5.91 Å². The van der Waals surface area contributed by atoms with E-state index in [1.165, 1.54) is 12.1 Å². The molecule has 1 amide bonds. The minimum Gasteiger partial charge on any atom is -0.360 e. The number of nitrogens with one attached hydrogen (secondary N) is 1. The smallest absolute Gasteiger partial charge is 0.252 e. The molecule has 0 aliphatic rings. The van der Waals surface area contributed by atoms with Gasteiger partial charge in [0.05, 0.1) is 5.56 Å². The number of benzene rings is 1.